The number of rotatable bonds is 8. The lowest BCUT2D eigenvalue weighted by Crippen LogP contribution is -2.25. The molecule has 0 atom stereocenters. The smallest absolute Gasteiger partial charge is 0.122 e. The van der Waals surface area contributed by atoms with E-state index in [9.17, 15) is 0 Å². The van der Waals surface area contributed by atoms with Crippen LogP contribution in [-0.4, -0.2) is 7.22 Å². The molecule has 0 radical (unpaired) electrons. The largest absolute Gasteiger partial charge is 0.159 e. The van der Waals surface area contributed by atoms with Gasteiger partial charge in [-0.2, -0.15) is 11.2 Å². The lowest BCUT2D eigenvalue weighted by Gasteiger charge is -2.25. The van der Waals surface area contributed by atoms with E-state index in [2.05, 4.69) is 50.4 Å². The van der Waals surface area contributed by atoms with Gasteiger partial charge in [-0.15, -0.1) is 0 Å². The molecule has 0 bridgehead atoms. The quantitative estimate of drug-likeness (QED) is 0.396. The average molecular weight is 230 g/mol. The van der Waals surface area contributed by atoms with E-state index in [4.69, 9.17) is 0 Å². The summed E-state index contributed by atoms with van der Waals surface area (Å²) >= 11 is 2.18. The average Bonchev–Trinajstić information content (AvgIpc) is 2.24. The molecule has 0 aromatic rings. The van der Waals surface area contributed by atoms with Gasteiger partial charge >= 0.3 is 0 Å². The van der Waals surface area contributed by atoms with Crippen LogP contribution >= 0.6 is 11.2 Å². The van der Waals surface area contributed by atoms with Crippen molar-refractivity contribution >= 4 is 18.4 Å². The highest BCUT2D eigenvalue weighted by Gasteiger charge is 2.25. The van der Waals surface area contributed by atoms with E-state index >= 15 is 0 Å². The van der Waals surface area contributed by atoms with E-state index in [1.807, 2.05) is 0 Å². The molecule has 0 rings (SSSR count). The van der Waals surface area contributed by atoms with Gasteiger partial charge < -0.3 is 0 Å². The molecule has 2 heteroatoms. The van der Waals surface area contributed by atoms with Gasteiger partial charge in [0.2, 0.25) is 0 Å². The third kappa shape index (κ3) is 5.25. The van der Waals surface area contributed by atoms with Gasteiger partial charge in [-0.1, -0.05) is 64.7 Å². The van der Waals surface area contributed by atoms with E-state index in [0.29, 0.717) is 0 Å². The van der Waals surface area contributed by atoms with Crippen LogP contribution < -0.4 is 0 Å². The van der Waals surface area contributed by atoms with Gasteiger partial charge in [0.05, 0.1) is 0 Å². The molecule has 14 heavy (non-hydrogen) atoms. The predicted octanol–water partition coefficient (Wildman–Crippen LogP) is 5.43. The first-order valence-electron chi connectivity index (χ1n) is 6.07. The predicted molar refractivity (Wildman–Crippen MR) is 73.5 cm³/mol. The van der Waals surface area contributed by atoms with Gasteiger partial charge in [-0.05, 0) is 11.8 Å². The topological polar surface area (TPSA) is 0 Å². The van der Waals surface area contributed by atoms with E-state index in [-0.39, 0.29) is 0 Å². The van der Waals surface area contributed by atoms with Crippen LogP contribution in [0.3, 0.4) is 0 Å². The van der Waals surface area contributed by atoms with Crippen LogP contribution in [-0.2, 0) is 0 Å². The molecule has 0 fully saturated rings. The Morgan fingerprint density at radius 1 is 1.00 bits per heavy atom. The molecule has 0 aliphatic heterocycles. The minimum atomic E-state index is -0.948. The molecule has 84 valence electrons. The fourth-order valence-electron chi connectivity index (χ4n) is 1.58. The van der Waals surface area contributed by atoms with E-state index in [0.717, 1.165) is 0 Å². The highest BCUT2D eigenvalue weighted by atomic mass is 32.4. The van der Waals surface area contributed by atoms with Gasteiger partial charge in [-0.25, -0.2) is 0 Å². The minimum Gasteiger partial charge on any atom is -0.159 e. The second-order valence-electron chi connectivity index (χ2n) is 3.88. The second kappa shape index (κ2) is 8.60. The molecule has 0 aliphatic carbocycles. The van der Waals surface area contributed by atoms with Crippen molar-refractivity contribution in [1.82, 2.24) is 0 Å². The fraction of sp³-hybridized carbons (Fsp3) is 0.833. The molecule has 0 aromatic carbocycles. The van der Waals surface area contributed by atoms with Crippen LogP contribution in [0.15, 0.2) is 11.5 Å². The van der Waals surface area contributed by atoms with Crippen molar-refractivity contribution < 1.29 is 0 Å². The van der Waals surface area contributed by atoms with Gasteiger partial charge in [0.15, 0.2) is 0 Å². The van der Waals surface area contributed by atoms with Crippen LogP contribution in [0.1, 0.15) is 47.0 Å². The summed E-state index contributed by atoms with van der Waals surface area (Å²) in [4.78, 5) is 0. The SMILES string of the molecule is CCCC/C=C/S[Si](CC)(CC)CC. The molecule has 0 aliphatic rings. The number of hydrogen-bond donors (Lipinski definition) is 0. The molecule has 0 saturated carbocycles. The molecular weight excluding hydrogens is 204 g/mol. The summed E-state index contributed by atoms with van der Waals surface area (Å²) in [7, 11) is -0.948. The summed E-state index contributed by atoms with van der Waals surface area (Å²) in [6, 6.07) is 4.26. The summed E-state index contributed by atoms with van der Waals surface area (Å²) < 4.78 is 0. The second-order valence-corrected chi connectivity index (χ2v) is 12.2. The van der Waals surface area contributed by atoms with Crippen molar-refractivity contribution in [1.29, 1.82) is 0 Å². The minimum absolute atomic E-state index is 0.948. The van der Waals surface area contributed by atoms with Crippen molar-refractivity contribution in [2.45, 2.75) is 65.1 Å². The molecule has 0 spiro atoms. The van der Waals surface area contributed by atoms with Crippen molar-refractivity contribution in [3.8, 4) is 0 Å². The summed E-state index contributed by atoms with van der Waals surface area (Å²) in [6.07, 6.45) is 6.30. The Bertz CT molecular complexity index is 142. The van der Waals surface area contributed by atoms with Crippen LogP contribution in [0.4, 0.5) is 0 Å². The standard InChI is InChI=1S/C12H26SSi/c1-5-9-10-11-12-13-14(6-2,7-3)8-4/h11-12H,5-10H2,1-4H3/b12-11+. The molecule has 0 heterocycles. The maximum absolute atomic E-state index is 2.39. The molecule has 0 aromatic heterocycles. The maximum Gasteiger partial charge on any atom is 0.122 e. The Morgan fingerprint density at radius 3 is 2.00 bits per heavy atom. The first kappa shape index (κ1) is 14.3. The molecular formula is C12H26SSi. The Kier molecular flexibility index (Phi) is 8.79. The van der Waals surface area contributed by atoms with Crippen LogP contribution in [0.25, 0.3) is 0 Å². The Morgan fingerprint density at radius 2 is 1.57 bits per heavy atom. The number of unbranched alkanes of at least 4 members (excludes halogenated alkanes) is 2. The molecule has 0 amide bonds. The monoisotopic (exact) mass is 230 g/mol. The zero-order valence-electron chi connectivity index (χ0n) is 10.3. The molecule has 0 saturated heterocycles. The first-order valence-corrected chi connectivity index (χ1v) is 10.3. The van der Waals surface area contributed by atoms with Crippen molar-refractivity contribution in [2.75, 3.05) is 0 Å². The molecule has 0 unspecified atom stereocenters. The summed E-state index contributed by atoms with van der Waals surface area (Å²) in [5.41, 5.74) is 0. The summed E-state index contributed by atoms with van der Waals surface area (Å²) in [6.45, 7) is 9.36. The third-order valence-electron chi connectivity index (χ3n) is 3.07. The van der Waals surface area contributed by atoms with Crippen molar-refractivity contribution in [3.63, 3.8) is 0 Å². The van der Waals surface area contributed by atoms with Gasteiger partial charge in [0.25, 0.3) is 0 Å². The van der Waals surface area contributed by atoms with Gasteiger partial charge in [-0.3, -0.25) is 0 Å². The number of hydrogen-bond acceptors (Lipinski definition) is 1. The van der Waals surface area contributed by atoms with Crippen LogP contribution in [0.2, 0.25) is 18.1 Å². The number of allylic oxidation sites excluding steroid dienone is 1. The zero-order valence-corrected chi connectivity index (χ0v) is 12.1. The van der Waals surface area contributed by atoms with Crippen molar-refractivity contribution in [3.05, 3.63) is 11.5 Å². The summed E-state index contributed by atoms with van der Waals surface area (Å²) in [5.74, 6) is 0. The Balaban J connectivity index is 3.86. The summed E-state index contributed by atoms with van der Waals surface area (Å²) in [5, 5.41) is 2.39. The van der Waals surface area contributed by atoms with E-state index in [1.54, 1.807) is 0 Å². The van der Waals surface area contributed by atoms with E-state index in [1.165, 1.54) is 37.4 Å². The Hall–Kier alpha value is 0.307. The third-order valence-corrected chi connectivity index (χ3v) is 12.3. The maximum atomic E-state index is 2.39. The lowest BCUT2D eigenvalue weighted by atomic mass is 10.2. The highest BCUT2D eigenvalue weighted by Crippen LogP contribution is 2.33. The van der Waals surface area contributed by atoms with Gasteiger partial charge in [0, 0.05) is 0 Å². The highest BCUT2D eigenvalue weighted by molar-refractivity contribution is 8.31. The molecule has 0 N–H and O–H groups in total. The first-order chi connectivity index (χ1) is 6.74. The molecule has 0 nitrogen and oxygen atoms in total. The van der Waals surface area contributed by atoms with Crippen LogP contribution in [0, 0.1) is 0 Å². The Labute approximate surface area is 95.2 Å². The zero-order chi connectivity index (χ0) is 10.9. The normalized spacial score (nSPS) is 12.6. The van der Waals surface area contributed by atoms with Crippen molar-refractivity contribution in [2.24, 2.45) is 0 Å². The van der Waals surface area contributed by atoms with Crippen LogP contribution in [0.5, 0.6) is 0 Å². The van der Waals surface area contributed by atoms with Gasteiger partial charge in [0.1, 0.15) is 7.22 Å². The fourth-order valence-corrected chi connectivity index (χ4v) is 6.76. The lowest BCUT2D eigenvalue weighted by molar-refractivity contribution is 0.815. The van der Waals surface area contributed by atoms with E-state index < -0.39 is 7.22 Å².